The summed E-state index contributed by atoms with van der Waals surface area (Å²) >= 11 is 0. The van der Waals surface area contributed by atoms with Gasteiger partial charge in [-0.25, -0.2) is 0 Å². The van der Waals surface area contributed by atoms with E-state index in [1.54, 1.807) is 29.2 Å². The standard InChI is InChI=1S/C23H30N2O3/c1-6-25(7-2)22(27)17-11-10-12-18(15-17)24-21(26)16-28-20-14-9-8-13-19(20)23(3,4)5/h8-15H,6-7,16H2,1-5H3,(H,24,26). The highest BCUT2D eigenvalue weighted by molar-refractivity contribution is 5.97. The number of benzene rings is 2. The van der Waals surface area contributed by atoms with E-state index in [1.165, 1.54) is 0 Å². The second-order valence-corrected chi connectivity index (χ2v) is 7.64. The van der Waals surface area contributed by atoms with Crippen molar-refractivity contribution in [3.05, 3.63) is 59.7 Å². The van der Waals surface area contributed by atoms with Crippen molar-refractivity contribution < 1.29 is 14.3 Å². The fourth-order valence-corrected chi connectivity index (χ4v) is 2.98. The largest absolute Gasteiger partial charge is 0.483 e. The molecule has 150 valence electrons. The van der Waals surface area contributed by atoms with Crippen LogP contribution in [0.4, 0.5) is 5.69 Å². The molecule has 1 N–H and O–H groups in total. The van der Waals surface area contributed by atoms with Crippen molar-refractivity contribution >= 4 is 17.5 Å². The van der Waals surface area contributed by atoms with Crippen LogP contribution in [0.1, 0.15) is 50.5 Å². The summed E-state index contributed by atoms with van der Waals surface area (Å²) in [5.41, 5.74) is 2.11. The van der Waals surface area contributed by atoms with Gasteiger partial charge >= 0.3 is 0 Å². The fourth-order valence-electron chi connectivity index (χ4n) is 2.98. The van der Waals surface area contributed by atoms with Crippen LogP contribution in [0.25, 0.3) is 0 Å². The smallest absolute Gasteiger partial charge is 0.262 e. The zero-order valence-corrected chi connectivity index (χ0v) is 17.4. The molecule has 5 heteroatoms. The molecule has 0 fully saturated rings. The van der Waals surface area contributed by atoms with Gasteiger partial charge in [-0.1, -0.05) is 45.0 Å². The van der Waals surface area contributed by atoms with Crippen molar-refractivity contribution in [3.63, 3.8) is 0 Å². The number of carbonyl (C=O) groups excluding carboxylic acids is 2. The van der Waals surface area contributed by atoms with Crippen LogP contribution < -0.4 is 10.1 Å². The molecule has 2 amide bonds. The zero-order valence-electron chi connectivity index (χ0n) is 17.4. The minimum atomic E-state index is -0.267. The van der Waals surface area contributed by atoms with Crippen LogP contribution in [-0.4, -0.2) is 36.4 Å². The Morgan fingerprint density at radius 1 is 1.00 bits per heavy atom. The van der Waals surface area contributed by atoms with E-state index in [2.05, 4.69) is 26.1 Å². The van der Waals surface area contributed by atoms with Crippen LogP contribution in [0.3, 0.4) is 0 Å². The van der Waals surface area contributed by atoms with Gasteiger partial charge in [-0.3, -0.25) is 9.59 Å². The summed E-state index contributed by atoms with van der Waals surface area (Å²) in [5, 5.41) is 2.81. The number of anilines is 1. The normalized spacial score (nSPS) is 11.0. The van der Waals surface area contributed by atoms with Gasteiger partial charge in [0.1, 0.15) is 5.75 Å². The van der Waals surface area contributed by atoms with Gasteiger partial charge in [-0.2, -0.15) is 0 Å². The molecule has 0 aromatic heterocycles. The third-order valence-electron chi connectivity index (χ3n) is 4.50. The van der Waals surface area contributed by atoms with E-state index < -0.39 is 0 Å². The molecule has 5 nitrogen and oxygen atoms in total. The fraction of sp³-hybridized carbons (Fsp3) is 0.391. The minimum Gasteiger partial charge on any atom is -0.483 e. The average Bonchev–Trinajstić information content (AvgIpc) is 2.67. The van der Waals surface area contributed by atoms with Crippen LogP contribution >= 0.6 is 0 Å². The second-order valence-electron chi connectivity index (χ2n) is 7.64. The van der Waals surface area contributed by atoms with E-state index in [-0.39, 0.29) is 23.8 Å². The Hall–Kier alpha value is -2.82. The Bertz CT molecular complexity index is 821. The van der Waals surface area contributed by atoms with Gasteiger partial charge in [0, 0.05) is 24.3 Å². The van der Waals surface area contributed by atoms with Gasteiger partial charge < -0.3 is 15.0 Å². The molecule has 2 aromatic carbocycles. The van der Waals surface area contributed by atoms with Gasteiger partial charge in [-0.05, 0) is 49.1 Å². The molecule has 0 saturated heterocycles. The molecule has 0 unspecified atom stereocenters. The lowest BCUT2D eigenvalue weighted by Gasteiger charge is -2.22. The SMILES string of the molecule is CCN(CC)C(=O)c1cccc(NC(=O)COc2ccccc2C(C)(C)C)c1. The lowest BCUT2D eigenvalue weighted by atomic mass is 9.86. The molecule has 2 aromatic rings. The first-order valence-electron chi connectivity index (χ1n) is 9.67. The second kappa shape index (κ2) is 9.40. The van der Waals surface area contributed by atoms with E-state index in [1.807, 2.05) is 38.1 Å². The Labute approximate surface area is 167 Å². The molecule has 2 rings (SSSR count). The summed E-state index contributed by atoms with van der Waals surface area (Å²) < 4.78 is 5.76. The molecule has 0 bridgehead atoms. The van der Waals surface area contributed by atoms with Crippen LogP contribution in [0.2, 0.25) is 0 Å². The summed E-state index contributed by atoms with van der Waals surface area (Å²) in [6.07, 6.45) is 0. The van der Waals surface area contributed by atoms with Crippen molar-refractivity contribution in [2.24, 2.45) is 0 Å². The third kappa shape index (κ3) is 5.59. The Balaban J connectivity index is 2.03. The first-order chi connectivity index (χ1) is 13.3. The number of amides is 2. The van der Waals surface area contributed by atoms with Crippen molar-refractivity contribution in [2.75, 3.05) is 25.0 Å². The van der Waals surface area contributed by atoms with Gasteiger partial charge in [0.05, 0.1) is 0 Å². The van der Waals surface area contributed by atoms with Crippen LogP contribution in [0.15, 0.2) is 48.5 Å². The molecule has 0 heterocycles. The highest BCUT2D eigenvalue weighted by atomic mass is 16.5. The van der Waals surface area contributed by atoms with Crippen LogP contribution in [0, 0.1) is 0 Å². The molecule has 0 saturated carbocycles. The van der Waals surface area contributed by atoms with Gasteiger partial charge in [0.25, 0.3) is 11.8 Å². The van der Waals surface area contributed by atoms with Crippen LogP contribution in [0.5, 0.6) is 5.75 Å². The van der Waals surface area contributed by atoms with E-state index in [9.17, 15) is 9.59 Å². The van der Waals surface area contributed by atoms with Crippen molar-refractivity contribution in [1.82, 2.24) is 4.90 Å². The molecule has 0 atom stereocenters. The highest BCUT2D eigenvalue weighted by Gasteiger charge is 2.19. The summed E-state index contributed by atoms with van der Waals surface area (Å²) in [7, 11) is 0. The first kappa shape index (κ1) is 21.5. The Morgan fingerprint density at radius 3 is 2.32 bits per heavy atom. The predicted octanol–water partition coefficient (Wildman–Crippen LogP) is 4.48. The van der Waals surface area contributed by atoms with Crippen molar-refractivity contribution in [2.45, 2.75) is 40.0 Å². The molecule has 28 heavy (non-hydrogen) atoms. The van der Waals surface area contributed by atoms with Gasteiger partial charge in [-0.15, -0.1) is 0 Å². The monoisotopic (exact) mass is 382 g/mol. The topological polar surface area (TPSA) is 58.6 Å². The number of rotatable bonds is 7. The van der Waals surface area contributed by atoms with Gasteiger partial charge in [0.15, 0.2) is 6.61 Å². The van der Waals surface area contributed by atoms with E-state index in [4.69, 9.17) is 4.74 Å². The lowest BCUT2D eigenvalue weighted by Crippen LogP contribution is -2.30. The number of nitrogens with zero attached hydrogens (tertiary/aromatic N) is 1. The quantitative estimate of drug-likeness (QED) is 0.768. The minimum absolute atomic E-state index is 0.0450. The number of hydrogen-bond donors (Lipinski definition) is 1. The summed E-state index contributed by atoms with van der Waals surface area (Å²) in [6, 6.07) is 14.7. The summed E-state index contributed by atoms with van der Waals surface area (Å²) in [4.78, 5) is 26.6. The number of carbonyl (C=O) groups is 2. The number of nitrogens with one attached hydrogen (secondary N) is 1. The van der Waals surface area contributed by atoms with Gasteiger partial charge in [0.2, 0.25) is 0 Å². The molecule has 0 aliphatic carbocycles. The maximum atomic E-state index is 12.5. The third-order valence-corrected chi connectivity index (χ3v) is 4.50. The molecule has 0 radical (unpaired) electrons. The number of ether oxygens (including phenoxy) is 1. The Morgan fingerprint density at radius 2 is 1.68 bits per heavy atom. The first-order valence-corrected chi connectivity index (χ1v) is 9.67. The van der Waals surface area contributed by atoms with E-state index in [0.29, 0.717) is 30.1 Å². The highest BCUT2D eigenvalue weighted by Crippen LogP contribution is 2.30. The summed E-state index contributed by atoms with van der Waals surface area (Å²) in [6.45, 7) is 11.4. The maximum absolute atomic E-state index is 12.5. The molecule has 0 spiro atoms. The molecular weight excluding hydrogens is 352 g/mol. The van der Waals surface area contributed by atoms with Crippen molar-refractivity contribution in [3.8, 4) is 5.75 Å². The van der Waals surface area contributed by atoms with Crippen molar-refractivity contribution in [1.29, 1.82) is 0 Å². The Kier molecular flexibility index (Phi) is 7.21. The van der Waals surface area contributed by atoms with Crippen LogP contribution in [-0.2, 0) is 10.2 Å². The maximum Gasteiger partial charge on any atom is 0.262 e. The van der Waals surface area contributed by atoms with E-state index in [0.717, 1.165) is 5.56 Å². The molecule has 0 aliphatic rings. The molecule has 0 aliphatic heterocycles. The molecular formula is C23H30N2O3. The number of hydrogen-bond acceptors (Lipinski definition) is 3. The number of para-hydroxylation sites is 1. The average molecular weight is 383 g/mol. The summed E-state index contributed by atoms with van der Waals surface area (Å²) in [5.74, 6) is 0.392. The van der Waals surface area contributed by atoms with E-state index >= 15 is 0 Å². The lowest BCUT2D eigenvalue weighted by molar-refractivity contribution is -0.118. The zero-order chi connectivity index (χ0) is 20.7. The predicted molar refractivity (Wildman–Crippen MR) is 113 cm³/mol.